The van der Waals surface area contributed by atoms with E-state index in [4.69, 9.17) is 22.7 Å². The molecule has 0 bridgehead atoms. The van der Waals surface area contributed by atoms with E-state index in [0.29, 0.717) is 11.6 Å². The Hall–Kier alpha value is -0.130. The highest BCUT2D eigenvalue weighted by Gasteiger charge is 2.21. The minimum Gasteiger partial charge on any atom is -0.492 e. The van der Waals surface area contributed by atoms with Gasteiger partial charge in [0.15, 0.2) is 0 Å². The summed E-state index contributed by atoms with van der Waals surface area (Å²) in [7, 11) is 0. The predicted molar refractivity (Wildman–Crippen MR) is 82.5 cm³/mol. The first kappa shape index (κ1) is 14.9. The SMILES string of the molecule is CC(C)(CCOc1ccc(Br)cc1Br)C(N)=S. The zero-order valence-electron chi connectivity index (χ0n) is 9.80. The first-order valence-corrected chi connectivity index (χ1v) is 7.20. The predicted octanol–water partition coefficient (Wildman–Crippen LogP) is 4.29. The molecule has 1 rings (SSSR count). The molecule has 0 aliphatic heterocycles. The van der Waals surface area contributed by atoms with Crippen molar-refractivity contribution in [3.63, 3.8) is 0 Å². The normalized spacial score (nSPS) is 11.3. The largest absolute Gasteiger partial charge is 0.492 e. The molecule has 0 radical (unpaired) electrons. The number of hydrogen-bond donors (Lipinski definition) is 1. The minimum absolute atomic E-state index is 0.169. The highest BCUT2D eigenvalue weighted by atomic mass is 79.9. The van der Waals surface area contributed by atoms with Crippen LogP contribution in [0.2, 0.25) is 0 Å². The Morgan fingerprint density at radius 2 is 2.06 bits per heavy atom. The second-order valence-electron chi connectivity index (χ2n) is 4.42. The van der Waals surface area contributed by atoms with Gasteiger partial charge in [-0.2, -0.15) is 0 Å². The van der Waals surface area contributed by atoms with Crippen molar-refractivity contribution in [2.45, 2.75) is 20.3 Å². The smallest absolute Gasteiger partial charge is 0.133 e. The lowest BCUT2D eigenvalue weighted by atomic mass is 9.90. The van der Waals surface area contributed by atoms with Crippen molar-refractivity contribution in [1.29, 1.82) is 0 Å². The van der Waals surface area contributed by atoms with Crippen molar-refractivity contribution in [2.75, 3.05) is 6.61 Å². The maximum absolute atomic E-state index is 5.69. The van der Waals surface area contributed by atoms with E-state index in [0.717, 1.165) is 21.1 Å². The highest BCUT2D eigenvalue weighted by Crippen LogP contribution is 2.29. The summed E-state index contributed by atoms with van der Waals surface area (Å²) in [6, 6.07) is 5.81. The Kier molecular flexibility index (Phi) is 5.41. The van der Waals surface area contributed by atoms with Gasteiger partial charge in [-0.1, -0.05) is 42.0 Å². The van der Waals surface area contributed by atoms with Crippen molar-refractivity contribution in [1.82, 2.24) is 0 Å². The van der Waals surface area contributed by atoms with Gasteiger partial charge < -0.3 is 10.5 Å². The number of halogens is 2. The van der Waals surface area contributed by atoms with Crippen LogP contribution in [0.4, 0.5) is 0 Å². The van der Waals surface area contributed by atoms with Crippen LogP contribution in [0, 0.1) is 5.41 Å². The quantitative estimate of drug-likeness (QED) is 0.773. The van der Waals surface area contributed by atoms with E-state index in [1.54, 1.807) is 0 Å². The fourth-order valence-electron chi connectivity index (χ4n) is 1.13. The van der Waals surface area contributed by atoms with Crippen molar-refractivity contribution in [3.8, 4) is 5.75 Å². The van der Waals surface area contributed by atoms with E-state index >= 15 is 0 Å². The van der Waals surface area contributed by atoms with Gasteiger partial charge in [-0.15, -0.1) is 0 Å². The molecule has 0 amide bonds. The molecule has 0 heterocycles. The number of thiocarbonyl (C=S) groups is 1. The molecule has 0 aliphatic carbocycles. The molecule has 5 heteroatoms. The number of benzene rings is 1. The molecule has 2 N–H and O–H groups in total. The lowest BCUT2D eigenvalue weighted by Crippen LogP contribution is -2.31. The number of hydrogen-bond acceptors (Lipinski definition) is 2. The average molecular weight is 381 g/mol. The van der Waals surface area contributed by atoms with E-state index in [2.05, 4.69) is 31.9 Å². The second-order valence-corrected chi connectivity index (χ2v) is 6.63. The molecular formula is C12H15Br2NOS. The van der Waals surface area contributed by atoms with Crippen LogP contribution in [0.3, 0.4) is 0 Å². The van der Waals surface area contributed by atoms with Gasteiger partial charge >= 0.3 is 0 Å². The molecule has 94 valence electrons. The summed E-state index contributed by atoms with van der Waals surface area (Å²) in [5.41, 5.74) is 5.49. The summed E-state index contributed by atoms with van der Waals surface area (Å²) in [5.74, 6) is 0.826. The molecule has 0 saturated heterocycles. The third-order valence-corrected chi connectivity index (χ3v) is 4.21. The van der Waals surface area contributed by atoms with Gasteiger partial charge in [0.1, 0.15) is 5.75 Å². The standard InChI is InChI=1S/C12H15Br2NOS/c1-12(2,11(15)17)5-6-16-10-4-3-8(13)7-9(10)14/h3-4,7H,5-6H2,1-2H3,(H2,15,17). The van der Waals surface area contributed by atoms with Crippen LogP contribution in [0.1, 0.15) is 20.3 Å². The maximum atomic E-state index is 5.69. The van der Waals surface area contributed by atoms with Gasteiger partial charge in [0.2, 0.25) is 0 Å². The Morgan fingerprint density at radius 1 is 1.41 bits per heavy atom. The highest BCUT2D eigenvalue weighted by molar-refractivity contribution is 9.11. The van der Waals surface area contributed by atoms with E-state index in [-0.39, 0.29) is 5.41 Å². The Labute approximate surface area is 124 Å². The van der Waals surface area contributed by atoms with E-state index in [1.807, 2.05) is 32.0 Å². The summed E-state index contributed by atoms with van der Waals surface area (Å²) in [5, 5.41) is 0. The molecule has 0 fully saturated rings. The van der Waals surface area contributed by atoms with E-state index in [9.17, 15) is 0 Å². The van der Waals surface area contributed by atoms with Gasteiger partial charge in [-0.25, -0.2) is 0 Å². The van der Waals surface area contributed by atoms with Gasteiger partial charge in [0.25, 0.3) is 0 Å². The molecule has 0 unspecified atom stereocenters. The van der Waals surface area contributed by atoms with E-state index < -0.39 is 0 Å². The molecule has 0 spiro atoms. The fraction of sp³-hybridized carbons (Fsp3) is 0.417. The maximum Gasteiger partial charge on any atom is 0.133 e. The average Bonchev–Trinajstić information content (AvgIpc) is 2.21. The van der Waals surface area contributed by atoms with Crippen LogP contribution in [0.25, 0.3) is 0 Å². The zero-order chi connectivity index (χ0) is 13.1. The van der Waals surface area contributed by atoms with Crippen molar-refractivity contribution in [3.05, 3.63) is 27.1 Å². The molecular weight excluding hydrogens is 366 g/mol. The topological polar surface area (TPSA) is 35.2 Å². The van der Waals surface area contributed by atoms with Crippen LogP contribution in [-0.4, -0.2) is 11.6 Å². The summed E-state index contributed by atoms with van der Waals surface area (Å²) < 4.78 is 7.64. The summed E-state index contributed by atoms with van der Waals surface area (Å²) in [6.07, 6.45) is 0.796. The van der Waals surface area contributed by atoms with Gasteiger partial charge in [0.05, 0.1) is 16.1 Å². The lowest BCUT2D eigenvalue weighted by molar-refractivity contribution is 0.269. The monoisotopic (exact) mass is 379 g/mol. The van der Waals surface area contributed by atoms with Crippen molar-refractivity contribution < 1.29 is 4.74 Å². The Bertz CT molecular complexity index is 421. The van der Waals surface area contributed by atoms with Crippen LogP contribution >= 0.6 is 44.1 Å². The first-order chi connectivity index (χ1) is 7.83. The molecule has 0 atom stereocenters. The van der Waals surface area contributed by atoms with Crippen LogP contribution < -0.4 is 10.5 Å². The molecule has 1 aromatic rings. The van der Waals surface area contributed by atoms with Crippen LogP contribution in [0.5, 0.6) is 5.75 Å². The molecule has 17 heavy (non-hydrogen) atoms. The summed E-state index contributed by atoms with van der Waals surface area (Å²) in [4.78, 5) is 0.524. The van der Waals surface area contributed by atoms with Crippen LogP contribution in [0.15, 0.2) is 27.1 Å². The minimum atomic E-state index is -0.169. The zero-order valence-corrected chi connectivity index (χ0v) is 13.8. The van der Waals surface area contributed by atoms with Gasteiger partial charge in [0, 0.05) is 9.89 Å². The number of ether oxygens (including phenoxy) is 1. The van der Waals surface area contributed by atoms with Gasteiger partial charge in [-0.05, 0) is 40.5 Å². The van der Waals surface area contributed by atoms with Gasteiger partial charge in [-0.3, -0.25) is 0 Å². The Balaban J connectivity index is 2.54. The Morgan fingerprint density at radius 3 is 2.59 bits per heavy atom. The fourth-order valence-corrected chi connectivity index (χ4v) is 2.40. The van der Waals surface area contributed by atoms with E-state index in [1.165, 1.54) is 0 Å². The third kappa shape index (κ3) is 4.56. The first-order valence-electron chi connectivity index (χ1n) is 5.21. The number of nitrogens with two attached hydrogens (primary N) is 1. The van der Waals surface area contributed by atoms with Crippen molar-refractivity contribution in [2.24, 2.45) is 11.1 Å². The molecule has 0 aromatic heterocycles. The summed E-state index contributed by atoms with van der Waals surface area (Å²) >= 11 is 11.9. The second kappa shape index (κ2) is 6.16. The van der Waals surface area contributed by atoms with Crippen molar-refractivity contribution >= 4 is 49.1 Å². The third-order valence-electron chi connectivity index (χ3n) is 2.55. The number of rotatable bonds is 5. The lowest BCUT2D eigenvalue weighted by Gasteiger charge is -2.23. The molecule has 1 aromatic carbocycles. The molecule has 2 nitrogen and oxygen atoms in total. The van der Waals surface area contributed by atoms with Crippen LogP contribution in [-0.2, 0) is 0 Å². The summed E-state index contributed by atoms with van der Waals surface area (Å²) in [6.45, 7) is 4.63. The molecule has 0 aliphatic rings. The molecule has 0 saturated carbocycles.